The second-order valence-electron chi connectivity index (χ2n) is 4.22. The van der Waals surface area contributed by atoms with E-state index >= 15 is 0 Å². The van der Waals surface area contributed by atoms with Crippen molar-refractivity contribution in [2.45, 2.75) is 39.5 Å². The molecule has 0 radical (unpaired) electrons. The summed E-state index contributed by atoms with van der Waals surface area (Å²) >= 11 is 0. The predicted octanol–water partition coefficient (Wildman–Crippen LogP) is 2.87. The summed E-state index contributed by atoms with van der Waals surface area (Å²) in [6.07, 6.45) is 5.36. The summed E-state index contributed by atoms with van der Waals surface area (Å²) in [7, 11) is 0. The third-order valence-corrected chi connectivity index (χ3v) is 3.01. The van der Waals surface area contributed by atoms with Crippen molar-refractivity contribution < 1.29 is 9.47 Å². The molecule has 0 aromatic carbocycles. The first kappa shape index (κ1) is 12.0. The van der Waals surface area contributed by atoms with E-state index in [1.807, 2.05) is 0 Å². The van der Waals surface area contributed by atoms with E-state index in [0.29, 0.717) is 0 Å². The van der Waals surface area contributed by atoms with E-state index in [0.717, 1.165) is 38.3 Å². The molecule has 84 valence electrons. The molecule has 0 amide bonds. The van der Waals surface area contributed by atoms with Gasteiger partial charge in [-0.25, -0.2) is 0 Å². The third-order valence-electron chi connectivity index (χ3n) is 3.01. The first-order chi connectivity index (χ1) is 6.86. The van der Waals surface area contributed by atoms with Gasteiger partial charge in [0.15, 0.2) is 0 Å². The fourth-order valence-corrected chi connectivity index (χ4v) is 2.27. The minimum atomic E-state index is 0.786. The van der Waals surface area contributed by atoms with Gasteiger partial charge >= 0.3 is 0 Å². The van der Waals surface area contributed by atoms with E-state index in [4.69, 9.17) is 9.47 Å². The van der Waals surface area contributed by atoms with Crippen LogP contribution in [0.15, 0.2) is 0 Å². The van der Waals surface area contributed by atoms with Gasteiger partial charge in [-0.1, -0.05) is 6.42 Å². The maximum atomic E-state index is 5.48. The van der Waals surface area contributed by atoms with Crippen molar-refractivity contribution in [3.05, 3.63) is 0 Å². The molecule has 0 bridgehead atoms. The molecule has 2 unspecified atom stereocenters. The molecule has 2 atom stereocenters. The zero-order valence-electron chi connectivity index (χ0n) is 9.63. The maximum absolute atomic E-state index is 5.48. The molecule has 14 heavy (non-hydrogen) atoms. The van der Waals surface area contributed by atoms with E-state index in [1.165, 1.54) is 25.7 Å². The van der Waals surface area contributed by atoms with Crippen LogP contribution in [0.3, 0.4) is 0 Å². The maximum Gasteiger partial charge on any atom is 0.0494 e. The quantitative estimate of drug-likeness (QED) is 0.656. The Labute approximate surface area is 88.0 Å². The van der Waals surface area contributed by atoms with Crippen LogP contribution in [0, 0.1) is 11.8 Å². The SMILES string of the molecule is CCOCC1CCCC(COCC)C1. The molecule has 1 fully saturated rings. The van der Waals surface area contributed by atoms with Crippen LogP contribution in [0.2, 0.25) is 0 Å². The molecular formula is C12H24O2. The average Bonchev–Trinajstić information content (AvgIpc) is 2.24. The fourth-order valence-electron chi connectivity index (χ4n) is 2.27. The minimum absolute atomic E-state index is 0.786. The normalized spacial score (nSPS) is 27.9. The monoisotopic (exact) mass is 200 g/mol. The number of ether oxygens (including phenoxy) is 2. The van der Waals surface area contributed by atoms with Crippen LogP contribution in [0.4, 0.5) is 0 Å². The van der Waals surface area contributed by atoms with Gasteiger partial charge in [0.1, 0.15) is 0 Å². The first-order valence-electron chi connectivity index (χ1n) is 6.02. The lowest BCUT2D eigenvalue weighted by molar-refractivity contribution is 0.0493. The lowest BCUT2D eigenvalue weighted by Gasteiger charge is -2.28. The number of hydrogen-bond donors (Lipinski definition) is 0. The van der Waals surface area contributed by atoms with Gasteiger partial charge in [0.2, 0.25) is 0 Å². The number of rotatable bonds is 6. The zero-order valence-corrected chi connectivity index (χ0v) is 9.63. The Bertz CT molecular complexity index is 122. The molecule has 0 N–H and O–H groups in total. The van der Waals surface area contributed by atoms with Crippen molar-refractivity contribution in [2.24, 2.45) is 11.8 Å². The molecule has 0 aliphatic heterocycles. The van der Waals surface area contributed by atoms with Crippen molar-refractivity contribution in [1.82, 2.24) is 0 Å². The number of hydrogen-bond acceptors (Lipinski definition) is 2. The first-order valence-corrected chi connectivity index (χ1v) is 6.02. The van der Waals surface area contributed by atoms with Crippen molar-refractivity contribution in [3.63, 3.8) is 0 Å². The highest BCUT2D eigenvalue weighted by atomic mass is 16.5. The lowest BCUT2D eigenvalue weighted by atomic mass is 9.82. The summed E-state index contributed by atoms with van der Waals surface area (Å²) in [5, 5.41) is 0. The highest BCUT2D eigenvalue weighted by molar-refractivity contribution is 4.72. The molecule has 2 nitrogen and oxygen atoms in total. The lowest BCUT2D eigenvalue weighted by Crippen LogP contribution is -2.23. The van der Waals surface area contributed by atoms with Crippen LogP contribution < -0.4 is 0 Å². The Morgan fingerprint density at radius 1 is 0.929 bits per heavy atom. The van der Waals surface area contributed by atoms with Gasteiger partial charge < -0.3 is 9.47 Å². The second-order valence-corrected chi connectivity index (χ2v) is 4.22. The molecule has 2 heteroatoms. The topological polar surface area (TPSA) is 18.5 Å². The average molecular weight is 200 g/mol. The van der Waals surface area contributed by atoms with Crippen molar-refractivity contribution in [1.29, 1.82) is 0 Å². The highest BCUT2D eigenvalue weighted by Gasteiger charge is 2.21. The Morgan fingerprint density at radius 3 is 1.86 bits per heavy atom. The predicted molar refractivity (Wildman–Crippen MR) is 58.4 cm³/mol. The molecule has 1 aliphatic carbocycles. The third kappa shape index (κ3) is 4.43. The molecule has 0 heterocycles. The van der Waals surface area contributed by atoms with Gasteiger partial charge in [-0.05, 0) is 44.9 Å². The molecule has 1 aliphatic rings. The Hall–Kier alpha value is -0.0800. The zero-order chi connectivity index (χ0) is 10.2. The summed E-state index contributed by atoms with van der Waals surface area (Å²) in [6, 6.07) is 0. The van der Waals surface area contributed by atoms with Crippen LogP contribution in [-0.4, -0.2) is 26.4 Å². The highest BCUT2D eigenvalue weighted by Crippen LogP contribution is 2.29. The van der Waals surface area contributed by atoms with Crippen LogP contribution in [-0.2, 0) is 9.47 Å². The van der Waals surface area contributed by atoms with E-state index < -0.39 is 0 Å². The van der Waals surface area contributed by atoms with Crippen molar-refractivity contribution in [3.8, 4) is 0 Å². The summed E-state index contributed by atoms with van der Waals surface area (Å²) in [6.45, 7) is 7.76. The Balaban J connectivity index is 2.14. The Morgan fingerprint density at radius 2 is 1.43 bits per heavy atom. The van der Waals surface area contributed by atoms with Crippen LogP contribution >= 0.6 is 0 Å². The van der Waals surface area contributed by atoms with Crippen molar-refractivity contribution >= 4 is 0 Å². The van der Waals surface area contributed by atoms with Gasteiger partial charge in [-0.3, -0.25) is 0 Å². The van der Waals surface area contributed by atoms with Crippen LogP contribution in [0.25, 0.3) is 0 Å². The van der Waals surface area contributed by atoms with Gasteiger partial charge in [0, 0.05) is 26.4 Å². The van der Waals surface area contributed by atoms with Gasteiger partial charge in [-0.2, -0.15) is 0 Å². The summed E-state index contributed by atoms with van der Waals surface area (Å²) in [5.74, 6) is 1.57. The molecule has 0 spiro atoms. The standard InChI is InChI=1S/C12H24O2/c1-3-13-9-11-6-5-7-12(8-11)10-14-4-2/h11-12H,3-10H2,1-2H3. The fraction of sp³-hybridized carbons (Fsp3) is 1.00. The van der Waals surface area contributed by atoms with Crippen molar-refractivity contribution in [2.75, 3.05) is 26.4 Å². The minimum Gasteiger partial charge on any atom is -0.381 e. The molecular weight excluding hydrogens is 176 g/mol. The Kier molecular flexibility index (Phi) is 6.20. The van der Waals surface area contributed by atoms with E-state index in [9.17, 15) is 0 Å². The largest absolute Gasteiger partial charge is 0.381 e. The van der Waals surface area contributed by atoms with E-state index in [1.54, 1.807) is 0 Å². The van der Waals surface area contributed by atoms with Crippen LogP contribution in [0.1, 0.15) is 39.5 Å². The van der Waals surface area contributed by atoms with E-state index in [-0.39, 0.29) is 0 Å². The van der Waals surface area contributed by atoms with Gasteiger partial charge in [0.25, 0.3) is 0 Å². The molecule has 0 aromatic heterocycles. The molecule has 0 aromatic rings. The molecule has 0 saturated heterocycles. The summed E-state index contributed by atoms with van der Waals surface area (Å²) in [5.41, 5.74) is 0. The van der Waals surface area contributed by atoms with Crippen LogP contribution in [0.5, 0.6) is 0 Å². The van der Waals surface area contributed by atoms with E-state index in [2.05, 4.69) is 13.8 Å². The smallest absolute Gasteiger partial charge is 0.0494 e. The molecule has 1 saturated carbocycles. The van der Waals surface area contributed by atoms with Gasteiger partial charge in [0.05, 0.1) is 0 Å². The molecule has 1 rings (SSSR count). The van der Waals surface area contributed by atoms with Gasteiger partial charge in [-0.15, -0.1) is 0 Å². The second kappa shape index (κ2) is 7.24. The summed E-state index contributed by atoms with van der Waals surface area (Å²) in [4.78, 5) is 0. The summed E-state index contributed by atoms with van der Waals surface area (Å²) < 4.78 is 11.0.